The van der Waals surface area contributed by atoms with Crippen LogP contribution in [0.15, 0.2) is 29.3 Å². The lowest BCUT2D eigenvalue weighted by Crippen LogP contribution is -2.24. The predicted octanol–water partition coefficient (Wildman–Crippen LogP) is 1.99. The van der Waals surface area contributed by atoms with E-state index in [1.807, 2.05) is 24.3 Å². The summed E-state index contributed by atoms with van der Waals surface area (Å²) >= 11 is 0. The fourth-order valence-electron chi connectivity index (χ4n) is 2.29. The third-order valence-electron chi connectivity index (χ3n) is 3.35. The van der Waals surface area contributed by atoms with Crippen LogP contribution >= 0.6 is 24.0 Å². The van der Waals surface area contributed by atoms with Crippen LogP contribution in [0.5, 0.6) is 5.75 Å². The van der Waals surface area contributed by atoms with Crippen molar-refractivity contribution in [3.63, 3.8) is 0 Å². The Labute approximate surface area is 137 Å². The van der Waals surface area contributed by atoms with Crippen molar-refractivity contribution >= 4 is 35.6 Å². The minimum atomic E-state index is 0. The number of benzene rings is 1. The van der Waals surface area contributed by atoms with E-state index in [0.717, 1.165) is 31.1 Å². The summed E-state index contributed by atoms with van der Waals surface area (Å²) in [7, 11) is 3.79. The standard InChI is InChI=1S/C14H22N4O.HI/c1-18-7-6-11(10-18)9-16-14(15)17-12-4-3-5-13(8-12)19-2;/h3-5,8,11H,6-7,9-10H2,1-2H3,(H3,15,16,17);1H. The second kappa shape index (κ2) is 8.31. The van der Waals surface area contributed by atoms with Crippen LogP contribution in [0.25, 0.3) is 0 Å². The van der Waals surface area contributed by atoms with Crippen molar-refractivity contribution in [1.82, 2.24) is 4.90 Å². The van der Waals surface area contributed by atoms with Crippen molar-refractivity contribution in [3.05, 3.63) is 24.3 Å². The monoisotopic (exact) mass is 390 g/mol. The Morgan fingerprint density at radius 3 is 3.00 bits per heavy atom. The van der Waals surface area contributed by atoms with Crippen LogP contribution in [0.4, 0.5) is 5.69 Å². The quantitative estimate of drug-likeness (QED) is 0.469. The molecule has 0 bridgehead atoms. The first kappa shape index (κ1) is 17.0. The minimum absolute atomic E-state index is 0. The van der Waals surface area contributed by atoms with Gasteiger partial charge < -0.3 is 20.7 Å². The molecule has 5 nitrogen and oxygen atoms in total. The van der Waals surface area contributed by atoms with E-state index in [1.165, 1.54) is 6.42 Å². The first-order valence-corrected chi connectivity index (χ1v) is 6.57. The van der Waals surface area contributed by atoms with Crippen LogP contribution < -0.4 is 15.8 Å². The molecule has 0 amide bonds. The van der Waals surface area contributed by atoms with Gasteiger partial charge in [-0.15, -0.1) is 24.0 Å². The van der Waals surface area contributed by atoms with Gasteiger partial charge in [0.1, 0.15) is 5.75 Å². The van der Waals surface area contributed by atoms with Gasteiger partial charge in [0.25, 0.3) is 0 Å². The molecule has 1 aromatic carbocycles. The summed E-state index contributed by atoms with van der Waals surface area (Å²) in [6.07, 6.45) is 1.20. The number of anilines is 1. The van der Waals surface area contributed by atoms with E-state index in [0.29, 0.717) is 11.9 Å². The Morgan fingerprint density at radius 2 is 2.35 bits per heavy atom. The number of hydrogen-bond donors (Lipinski definition) is 2. The van der Waals surface area contributed by atoms with Gasteiger partial charge in [-0.05, 0) is 38.1 Å². The van der Waals surface area contributed by atoms with Crippen molar-refractivity contribution in [2.45, 2.75) is 6.42 Å². The number of guanidine groups is 1. The van der Waals surface area contributed by atoms with E-state index >= 15 is 0 Å². The van der Waals surface area contributed by atoms with E-state index < -0.39 is 0 Å². The molecule has 1 heterocycles. The van der Waals surface area contributed by atoms with Gasteiger partial charge in [-0.2, -0.15) is 0 Å². The number of hydrogen-bond acceptors (Lipinski definition) is 3. The molecule has 6 heteroatoms. The Bertz CT molecular complexity index is 453. The average molecular weight is 390 g/mol. The predicted molar refractivity (Wildman–Crippen MR) is 94.1 cm³/mol. The van der Waals surface area contributed by atoms with Crippen molar-refractivity contribution in [2.75, 3.05) is 39.1 Å². The lowest BCUT2D eigenvalue weighted by Gasteiger charge is -2.10. The lowest BCUT2D eigenvalue weighted by atomic mass is 10.1. The third kappa shape index (κ3) is 5.16. The summed E-state index contributed by atoms with van der Waals surface area (Å²) < 4.78 is 5.16. The minimum Gasteiger partial charge on any atom is -0.497 e. The Morgan fingerprint density at radius 1 is 1.55 bits per heavy atom. The molecule has 0 saturated carbocycles. The van der Waals surface area contributed by atoms with E-state index in [2.05, 4.69) is 22.3 Å². The van der Waals surface area contributed by atoms with Crippen molar-refractivity contribution in [1.29, 1.82) is 0 Å². The van der Waals surface area contributed by atoms with Gasteiger partial charge >= 0.3 is 0 Å². The van der Waals surface area contributed by atoms with Crippen LogP contribution in [0.3, 0.4) is 0 Å². The molecule has 1 saturated heterocycles. The highest BCUT2D eigenvalue weighted by atomic mass is 127. The molecule has 1 aliphatic heterocycles. The van der Waals surface area contributed by atoms with Crippen molar-refractivity contribution in [2.24, 2.45) is 16.6 Å². The van der Waals surface area contributed by atoms with E-state index in [4.69, 9.17) is 10.5 Å². The topological polar surface area (TPSA) is 62.9 Å². The van der Waals surface area contributed by atoms with E-state index in [1.54, 1.807) is 7.11 Å². The summed E-state index contributed by atoms with van der Waals surface area (Å²) in [6.45, 7) is 3.05. The molecule has 112 valence electrons. The molecule has 0 radical (unpaired) electrons. The molecular weight excluding hydrogens is 367 g/mol. The molecule has 1 aromatic rings. The zero-order valence-electron chi connectivity index (χ0n) is 12.0. The number of halogens is 1. The van der Waals surface area contributed by atoms with E-state index in [-0.39, 0.29) is 24.0 Å². The van der Waals surface area contributed by atoms with Gasteiger partial charge in [0.2, 0.25) is 0 Å². The zero-order valence-corrected chi connectivity index (χ0v) is 14.3. The Balaban J connectivity index is 0.00000200. The highest BCUT2D eigenvalue weighted by Gasteiger charge is 2.18. The normalized spacial score (nSPS) is 19.5. The Hall–Kier alpha value is -1.02. The summed E-state index contributed by atoms with van der Waals surface area (Å²) in [5.41, 5.74) is 6.79. The van der Waals surface area contributed by atoms with Gasteiger partial charge in [-0.25, -0.2) is 0 Å². The van der Waals surface area contributed by atoms with Gasteiger partial charge in [-0.3, -0.25) is 4.99 Å². The number of ether oxygens (including phenoxy) is 1. The smallest absolute Gasteiger partial charge is 0.193 e. The molecule has 20 heavy (non-hydrogen) atoms. The molecule has 0 aromatic heterocycles. The van der Waals surface area contributed by atoms with Gasteiger partial charge in [0.15, 0.2) is 5.96 Å². The van der Waals surface area contributed by atoms with Crippen LogP contribution in [-0.2, 0) is 0 Å². The summed E-state index contributed by atoms with van der Waals surface area (Å²) in [5.74, 6) is 1.88. The first-order chi connectivity index (χ1) is 9.17. The largest absolute Gasteiger partial charge is 0.497 e. The highest BCUT2D eigenvalue weighted by molar-refractivity contribution is 14.0. The molecular formula is C14H23IN4O. The summed E-state index contributed by atoms with van der Waals surface area (Å²) in [6, 6.07) is 7.65. The zero-order chi connectivity index (χ0) is 13.7. The summed E-state index contributed by atoms with van der Waals surface area (Å²) in [5, 5.41) is 3.09. The third-order valence-corrected chi connectivity index (χ3v) is 3.35. The van der Waals surface area contributed by atoms with Gasteiger partial charge in [0.05, 0.1) is 7.11 Å². The second-order valence-electron chi connectivity index (χ2n) is 5.00. The first-order valence-electron chi connectivity index (χ1n) is 6.57. The molecule has 1 aliphatic rings. The summed E-state index contributed by atoms with van der Waals surface area (Å²) in [4.78, 5) is 6.73. The number of nitrogens with zero attached hydrogens (tertiary/aromatic N) is 2. The van der Waals surface area contributed by atoms with E-state index in [9.17, 15) is 0 Å². The number of nitrogens with one attached hydrogen (secondary N) is 1. The number of methoxy groups -OCH3 is 1. The number of likely N-dealkylation sites (tertiary alicyclic amines) is 1. The van der Waals surface area contributed by atoms with Crippen LogP contribution in [0.2, 0.25) is 0 Å². The maximum Gasteiger partial charge on any atom is 0.193 e. The number of aliphatic imine (C=N–C) groups is 1. The van der Waals surface area contributed by atoms with Crippen LogP contribution in [0.1, 0.15) is 6.42 Å². The fourth-order valence-corrected chi connectivity index (χ4v) is 2.29. The molecule has 1 fully saturated rings. The fraction of sp³-hybridized carbons (Fsp3) is 0.500. The van der Waals surface area contributed by atoms with Crippen molar-refractivity contribution < 1.29 is 4.74 Å². The van der Waals surface area contributed by atoms with Gasteiger partial charge in [0, 0.05) is 24.8 Å². The molecule has 1 unspecified atom stereocenters. The second-order valence-corrected chi connectivity index (χ2v) is 5.00. The number of rotatable bonds is 4. The maximum absolute atomic E-state index is 5.89. The SMILES string of the molecule is COc1cccc(NC(N)=NCC2CCN(C)C2)c1.I. The van der Waals surface area contributed by atoms with Crippen LogP contribution in [0, 0.1) is 5.92 Å². The number of nitrogens with two attached hydrogens (primary N) is 1. The molecule has 0 aliphatic carbocycles. The molecule has 2 rings (SSSR count). The average Bonchev–Trinajstić information content (AvgIpc) is 2.82. The van der Waals surface area contributed by atoms with Crippen molar-refractivity contribution in [3.8, 4) is 5.75 Å². The van der Waals surface area contributed by atoms with Gasteiger partial charge in [-0.1, -0.05) is 6.07 Å². The molecule has 0 spiro atoms. The highest BCUT2D eigenvalue weighted by Crippen LogP contribution is 2.17. The molecule has 1 atom stereocenters. The molecule has 3 N–H and O–H groups in total. The van der Waals surface area contributed by atoms with Crippen LogP contribution in [-0.4, -0.2) is 44.7 Å². The Kier molecular flexibility index (Phi) is 7.08. The maximum atomic E-state index is 5.89. The lowest BCUT2D eigenvalue weighted by molar-refractivity contribution is 0.397.